The van der Waals surface area contributed by atoms with Crippen molar-refractivity contribution in [2.24, 2.45) is 0 Å². The van der Waals surface area contributed by atoms with Gasteiger partial charge < -0.3 is 15.1 Å². The number of nitrogens with one attached hydrogen (secondary N) is 1. The van der Waals surface area contributed by atoms with Gasteiger partial charge in [-0.2, -0.15) is 0 Å². The summed E-state index contributed by atoms with van der Waals surface area (Å²) in [5.41, 5.74) is 1.91. The minimum absolute atomic E-state index is 0.206. The molecule has 3 N–H and O–H groups in total. The second kappa shape index (κ2) is 10.8. The number of hydrogen-bond donors (Lipinski definition) is 3. The van der Waals surface area contributed by atoms with Gasteiger partial charge in [0.25, 0.3) is 0 Å². The Morgan fingerprint density at radius 3 is 2.43 bits per heavy atom. The number of nitrogens with zero attached hydrogens (tertiary/aromatic N) is 3. The number of rotatable bonds is 8. The fourth-order valence-corrected chi connectivity index (χ4v) is 6.33. The van der Waals surface area contributed by atoms with E-state index >= 15 is 0 Å². The number of aromatic hydroxyl groups is 2. The lowest BCUT2D eigenvalue weighted by molar-refractivity contribution is 0.236. The van der Waals surface area contributed by atoms with Crippen LogP contribution < -0.4 is 9.62 Å². The first-order valence-electron chi connectivity index (χ1n) is 12.3. The van der Waals surface area contributed by atoms with Crippen molar-refractivity contribution in [3.05, 3.63) is 90.8 Å². The molecule has 0 saturated carbocycles. The summed E-state index contributed by atoms with van der Waals surface area (Å²) >= 11 is 0. The Hall–Kier alpha value is -3.66. The van der Waals surface area contributed by atoms with E-state index in [9.17, 15) is 18.6 Å². The molecule has 0 spiro atoms. The maximum Gasteiger partial charge on any atom is 0.241 e. The highest BCUT2D eigenvalue weighted by molar-refractivity contribution is 7.89. The third kappa shape index (κ3) is 5.85. The Morgan fingerprint density at radius 1 is 0.892 bits per heavy atom. The molecule has 1 aromatic heterocycles. The molecular formula is C28H30N4O4S. The van der Waals surface area contributed by atoms with Gasteiger partial charge in [0.1, 0.15) is 0 Å². The lowest BCUT2D eigenvalue weighted by Gasteiger charge is -2.37. The molecule has 0 bridgehead atoms. The van der Waals surface area contributed by atoms with E-state index in [1.165, 1.54) is 17.8 Å². The molecule has 3 aromatic carbocycles. The predicted octanol–water partition coefficient (Wildman–Crippen LogP) is 3.36. The molecule has 1 aliphatic heterocycles. The Bertz CT molecular complexity index is 1470. The van der Waals surface area contributed by atoms with E-state index in [2.05, 4.69) is 31.6 Å². The number of aromatic nitrogens is 1. The normalized spacial score (nSPS) is 15.6. The molecule has 2 heterocycles. The van der Waals surface area contributed by atoms with Crippen molar-refractivity contribution in [2.45, 2.75) is 17.4 Å². The highest BCUT2D eigenvalue weighted by Gasteiger charge is 2.26. The van der Waals surface area contributed by atoms with Gasteiger partial charge in [0.2, 0.25) is 10.0 Å². The van der Waals surface area contributed by atoms with E-state index in [-0.39, 0.29) is 16.4 Å². The predicted molar refractivity (Wildman–Crippen MR) is 144 cm³/mol. The second-order valence-electron chi connectivity index (χ2n) is 9.32. The first kappa shape index (κ1) is 25.0. The van der Waals surface area contributed by atoms with Gasteiger partial charge in [-0.15, -0.1) is 0 Å². The molecule has 192 valence electrons. The largest absolute Gasteiger partial charge is 0.504 e. The van der Waals surface area contributed by atoms with Crippen molar-refractivity contribution >= 4 is 26.5 Å². The molecule has 1 atom stereocenters. The number of anilines is 1. The van der Waals surface area contributed by atoms with Crippen LogP contribution in [0.1, 0.15) is 5.56 Å². The van der Waals surface area contributed by atoms with Crippen molar-refractivity contribution in [2.75, 3.05) is 37.6 Å². The number of pyridine rings is 1. The van der Waals surface area contributed by atoms with Crippen LogP contribution in [-0.4, -0.2) is 67.3 Å². The number of benzene rings is 3. The van der Waals surface area contributed by atoms with Gasteiger partial charge in [-0.05, 0) is 48.4 Å². The number of sulfonamides is 1. The molecular weight excluding hydrogens is 488 g/mol. The summed E-state index contributed by atoms with van der Waals surface area (Å²) in [6.07, 6.45) is 3.60. The highest BCUT2D eigenvalue weighted by Crippen LogP contribution is 2.27. The second-order valence-corrected chi connectivity index (χ2v) is 11.0. The molecule has 0 radical (unpaired) electrons. The van der Waals surface area contributed by atoms with Gasteiger partial charge in [-0.3, -0.25) is 9.88 Å². The molecule has 1 fully saturated rings. The number of phenolic OH excluding ortho intramolecular Hbond substituents is 2. The highest BCUT2D eigenvalue weighted by atomic mass is 32.2. The summed E-state index contributed by atoms with van der Waals surface area (Å²) in [5.74, 6) is -0.431. The summed E-state index contributed by atoms with van der Waals surface area (Å²) in [4.78, 5) is 8.91. The summed E-state index contributed by atoms with van der Waals surface area (Å²) < 4.78 is 30.1. The number of fused-ring (bicyclic) bond motifs is 1. The molecule has 4 aromatic rings. The van der Waals surface area contributed by atoms with Crippen LogP contribution >= 0.6 is 0 Å². The van der Waals surface area contributed by atoms with Crippen molar-refractivity contribution < 1.29 is 18.6 Å². The summed E-state index contributed by atoms with van der Waals surface area (Å²) in [6.45, 7) is 3.80. The van der Waals surface area contributed by atoms with Gasteiger partial charge in [0.15, 0.2) is 11.5 Å². The minimum Gasteiger partial charge on any atom is -0.504 e. The zero-order valence-corrected chi connectivity index (χ0v) is 21.2. The Labute approximate surface area is 216 Å². The standard InChI is InChI=1S/C28H30N4O4S/c33-26-10-9-21(18-27(26)34)17-23(20-31-13-15-32(16-14-31)24-6-2-1-3-7-24)30-37(35,36)28-8-4-5-22-19-29-12-11-25(22)28/h1-12,18-19,23,30,33-34H,13-17,20H2. The van der Waals surface area contributed by atoms with Gasteiger partial charge >= 0.3 is 0 Å². The van der Waals surface area contributed by atoms with E-state index < -0.39 is 16.1 Å². The Kier molecular flexibility index (Phi) is 7.27. The molecule has 0 aliphatic carbocycles. The number of phenols is 2. The molecule has 1 saturated heterocycles. The number of para-hydroxylation sites is 1. The molecule has 1 unspecified atom stereocenters. The van der Waals surface area contributed by atoms with Crippen LogP contribution in [0.15, 0.2) is 90.1 Å². The maximum absolute atomic E-state index is 13.6. The van der Waals surface area contributed by atoms with Gasteiger partial charge in [0.05, 0.1) is 4.90 Å². The minimum atomic E-state index is -3.86. The van der Waals surface area contributed by atoms with E-state index in [1.807, 2.05) is 24.3 Å². The lowest BCUT2D eigenvalue weighted by Crippen LogP contribution is -2.52. The molecule has 37 heavy (non-hydrogen) atoms. The summed E-state index contributed by atoms with van der Waals surface area (Å²) in [5, 5.41) is 21.1. The first-order valence-corrected chi connectivity index (χ1v) is 13.8. The van der Waals surface area contributed by atoms with Crippen LogP contribution in [0.4, 0.5) is 5.69 Å². The molecule has 8 nitrogen and oxygen atoms in total. The molecule has 0 amide bonds. The average molecular weight is 519 g/mol. The lowest BCUT2D eigenvalue weighted by atomic mass is 10.1. The van der Waals surface area contributed by atoms with Crippen molar-refractivity contribution in [1.82, 2.24) is 14.6 Å². The number of piperazine rings is 1. The summed E-state index contributed by atoms with van der Waals surface area (Å²) in [7, 11) is -3.86. The van der Waals surface area contributed by atoms with Crippen molar-refractivity contribution in [3.8, 4) is 11.5 Å². The first-order chi connectivity index (χ1) is 17.9. The molecule has 1 aliphatic rings. The third-order valence-electron chi connectivity index (χ3n) is 6.75. The van der Waals surface area contributed by atoms with Crippen molar-refractivity contribution in [3.63, 3.8) is 0 Å². The topological polar surface area (TPSA) is 106 Å². The Balaban J connectivity index is 1.36. The monoisotopic (exact) mass is 518 g/mol. The van der Waals surface area contributed by atoms with E-state index in [0.717, 1.165) is 37.1 Å². The van der Waals surface area contributed by atoms with Gasteiger partial charge in [-0.25, -0.2) is 13.1 Å². The zero-order valence-electron chi connectivity index (χ0n) is 20.4. The SMILES string of the molecule is O=S(=O)(NC(Cc1ccc(O)c(O)c1)CN1CCN(c2ccccc2)CC1)c1cccc2cnccc12. The maximum atomic E-state index is 13.6. The Morgan fingerprint density at radius 2 is 1.68 bits per heavy atom. The summed E-state index contributed by atoms with van der Waals surface area (Å²) in [6, 6.07) is 21.3. The quantitative estimate of drug-likeness (QED) is 0.307. The van der Waals surface area contributed by atoms with Crippen LogP contribution in [-0.2, 0) is 16.4 Å². The van der Waals surface area contributed by atoms with E-state index in [4.69, 9.17) is 0 Å². The van der Waals surface area contributed by atoms with Gasteiger partial charge in [-0.1, -0.05) is 36.4 Å². The van der Waals surface area contributed by atoms with Crippen LogP contribution in [0, 0.1) is 0 Å². The smallest absolute Gasteiger partial charge is 0.241 e. The van der Waals surface area contributed by atoms with Crippen molar-refractivity contribution in [1.29, 1.82) is 0 Å². The van der Waals surface area contributed by atoms with Gasteiger partial charge in [0, 0.05) is 67.6 Å². The fraction of sp³-hybridized carbons (Fsp3) is 0.250. The third-order valence-corrected chi connectivity index (χ3v) is 8.32. The molecule has 9 heteroatoms. The van der Waals surface area contributed by atoms with Crippen LogP contribution in [0.5, 0.6) is 11.5 Å². The fourth-order valence-electron chi connectivity index (χ4n) is 4.87. The van der Waals surface area contributed by atoms with E-state index in [0.29, 0.717) is 18.4 Å². The van der Waals surface area contributed by atoms with Crippen LogP contribution in [0.2, 0.25) is 0 Å². The molecule has 5 rings (SSSR count). The number of hydrogen-bond acceptors (Lipinski definition) is 7. The van der Waals surface area contributed by atoms with E-state index in [1.54, 1.807) is 36.7 Å². The average Bonchev–Trinajstić information content (AvgIpc) is 2.91. The van der Waals surface area contributed by atoms with Crippen LogP contribution in [0.3, 0.4) is 0 Å². The zero-order chi connectivity index (χ0) is 25.8. The van der Waals surface area contributed by atoms with Crippen LogP contribution in [0.25, 0.3) is 10.8 Å².